The SMILES string of the molecule is O=c1[nH]nc(Cc2ccc(F)c(-c3ccncc3)c2)c2c1CCCC2.OB(O)c1ccncc1. The lowest BCUT2D eigenvalue weighted by atomic mass is 9.81. The normalized spacial score (nSPS) is 12.3. The van der Waals surface area contributed by atoms with Crippen molar-refractivity contribution >= 4 is 12.6 Å². The van der Waals surface area contributed by atoms with Gasteiger partial charge in [-0.05, 0) is 84.2 Å². The fourth-order valence-electron chi connectivity index (χ4n) is 4.04. The number of fused-ring (bicyclic) bond motifs is 1. The number of nitrogens with one attached hydrogen (secondary N) is 1. The minimum atomic E-state index is -1.38. The summed E-state index contributed by atoms with van der Waals surface area (Å²) in [7, 11) is -1.38. The van der Waals surface area contributed by atoms with Crippen LogP contribution < -0.4 is 11.0 Å². The third-order valence-electron chi connectivity index (χ3n) is 5.78. The molecule has 1 aliphatic carbocycles. The number of hydrogen-bond donors (Lipinski definition) is 3. The Balaban J connectivity index is 0.000000257. The van der Waals surface area contributed by atoms with Crippen molar-refractivity contribution in [1.29, 1.82) is 0 Å². The van der Waals surface area contributed by atoms with Gasteiger partial charge in [0.25, 0.3) is 5.56 Å². The second-order valence-corrected chi connectivity index (χ2v) is 8.04. The molecule has 3 N–H and O–H groups in total. The monoisotopic (exact) mass is 458 g/mol. The lowest BCUT2D eigenvalue weighted by Gasteiger charge is -2.17. The summed E-state index contributed by atoms with van der Waals surface area (Å²) in [6.45, 7) is 0. The van der Waals surface area contributed by atoms with Crippen molar-refractivity contribution in [3.05, 3.63) is 106 Å². The highest BCUT2D eigenvalue weighted by atomic mass is 19.1. The van der Waals surface area contributed by atoms with Gasteiger partial charge in [-0.1, -0.05) is 6.07 Å². The summed E-state index contributed by atoms with van der Waals surface area (Å²) < 4.78 is 14.2. The van der Waals surface area contributed by atoms with E-state index in [4.69, 9.17) is 10.0 Å². The first-order valence-corrected chi connectivity index (χ1v) is 11.1. The van der Waals surface area contributed by atoms with E-state index in [0.29, 0.717) is 17.4 Å². The molecule has 7 nitrogen and oxygen atoms in total. The zero-order valence-electron chi connectivity index (χ0n) is 18.5. The number of benzene rings is 1. The maximum absolute atomic E-state index is 14.2. The van der Waals surface area contributed by atoms with Crippen LogP contribution in [0.15, 0.2) is 72.0 Å². The second kappa shape index (κ2) is 11.0. The summed E-state index contributed by atoms with van der Waals surface area (Å²) >= 11 is 0. The summed E-state index contributed by atoms with van der Waals surface area (Å²) in [4.78, 5) is 19.7. The van der Waals surface area contributed by atoms with E-state index < -0.39 is 7.12 Å². The van der Waals surface area contributed by atoms with Crippen LogP contribution in [0.25, 0.3) is 11.1 Å². The average Bonchev–Trinajstić information content (AvgIpc) is 2.88. The third kappa shape index (κ3) is 5.62. The van der Waals surface area contributed by atoms with Gasteiger partial charge in [-0.25, -0.2) is 9.49 Å². The molecule has 3 heterocycles. The molecular formula is C25H24BFN4O3. The number of halogens is 1. The molecule has 1 aromatic carbocycles. The molecule has 0 atom stereocenters. The maximum atomic E-state index is 14.2. The lowest BCUT2D eigenvalue weighted by molar-refractivity contribution is 0.425. The molecule has 9 heteroatoms. The topological polar surface area (TPSA) is 112 Å². The summed E-state index contributed by atoms with van der Waals surface area (Å²) in [5.41, 5.74) is 5.55. The Bertz CT molecular complexity index is 1300. The van der Waals surface area contributed by atoms with Crippen molar-refractivity contribution in [3.63, 3.8) is 0 Å². The van der Waals surface area contributed by atoms with Crippen LogP contribution in [0.5, 0.6) is 0 Å². The maximum Gasteiger partial charge on any atom is 0.488 e. The lowest BCUT2D eigenvalue weighted by Crippen LogP contribution is -2.29. The summed E-state index contributed by atoms with van der Waals surface area (Å²) in [5.74, 6) is -0.258. The number of hydrogen-bond acceptors (Lipinski definition) is 6. The van der Waals surface area contributed by atoms with Gasteiger partial charge in [0, 0.05) is 42.3 Å². The number of nitrogens with zero attached hydrogens (tertiary/aromatic N) is 3. The van der Waals surface area contributed by atoms with Crippen molar-refractivity contribution in [2.75, 3.05) is 0 Å². The van der Waals surface area contributed by atoms with E-state index in [1.807, 2.05) is 6.07 Å². The number of aromatic nitrogens is 4. The predicted octanol–water partition coefficient (Wildman–Crippen LogP) is 2.20. The first kappa shape index (κ1) is 23.5. The summed E-state index contributed by atoms with van der Waals surface area (Å²) in [6, 6.07) is 11.8. The Morgan fingerprint density at radius 3 is 2.21 bits per heavy atom. The molecule has 0 fully saturated rings. The number of pyridine rings is 2. The van der Waals surface area contributed by atoms with Gasteiger partial charge >= 0.3 is 7.12 Å². The molecule has 0 unspecified atom stereocenters. The smallest absolute Gasteiger partial charge is 0.423 e. The zero-order chi connectivity index (χ0) is 23.9. The highest BCUT2D eigenvalue weighted by molar-refractivity contribution is 6.58. The molecule has 5 rings (SSSR count). The van der Waals surface area contributed by atoms with E-state index in [1.54, 1.807) is 42.7 Å². The molecule has 0 radical (unpaired) electrons. The summed E-state index contributed by atoms with van der Waals surface area (Å²) in [5, 5.41) is 24.0. The van der Waals surface area contributed by atoms with E-state index in [-0.39, 0.29) is 11.4 Å². The first-order chi connectivity index (χ1) is 16.5. The highest BCUT2D eigenvalue weighted by Gasteiger charge is 2.18. The number of rotatable bonds is 4. The Hall–Kier alpha value is -3.69. The zero-order valence-corrected chi connectivity index (χ0v) is 18.5. The third-order valence-corrected chi connectivity index (χ3v) is 5.78. The molecule has 0 saturated heterocycles. The van der Waals surface area contributed by atoms with Crippen molar-refractivity contribution in [3.8, 4) is 11.1 Å². The van der Waals surface area contributed by atoms with Crippen molar-refractivity contribution < 1.29 is 14.4 Å². The van der Waals surface area contributed by atoms with E-state index >= 15 is 0 Å². The molecule has 1 aliphatic rings. The largest absolute Gasteiger partial charge is 0.488 e. The minimum absolute atomic E-state index is 0.0740. The van der Waals surface area contributed by atoms with Gasteiger partial charge in [0.1, 0.15) is 5.82 Å². The van der Waals surface area contributed by atoms with E-state index in [1.165, 1.54) is 18.5 Å². The van der Waals surface area contributed by atoms with Gasteiger partial charge in [-0.2, -0.15) is 5.10 Å². The van der Waals surface area contributed by atoms with Crippen molar-refractivity contribution in [2.45, 2.75) is 32.1 Å². The second-order valence-electron chi connectivity index (χ2n) is 8.04. The Morgan fingerprint density at radius 2 is 1.56 bits per heavy atom. The fraction of sp³-hybridized carbons (Fsp3) is 0.200. The molecule has 3 aromatic heterocycles. The van der Waals surface area contributed by atoms with Gasteiger partial charge in [0.2, 0.25) is 0 Å². The molecule has 34 heavy (non-hydrogen) atoms. The van der Waals surface area contributed by atoms with Crippen LogP contribution in [-0.2, 0) is 19.3 Å². The Morgan fingerprint density at radius 1 is 0.912 bits per heavy atom. The molecule has 0 saturated carbocycles. The highest BCUT2D eigenvalue weighted by Crippen LogP contribution is 2.26. The first-order valence-electron chi connectivity index (χ1n) is 11.1. The minimum Gasteiger partial charge on any atom is -0.423 e. The number of H-pyrrole nitrogens is 1. The van der Waals surface area contributed by atoms with E-state index in [2.05, 4.69) is 20.2 Å². The predicted molar refractivity (Wildman–Crippen MR) is 128 cm³/mol. The molecular weight excluding hydrogens is 434 g/mol. The molecule has 0 bridgehead atoms. The van der Waals surface area contributed by atoms with Gasteiger partial charge in [-0.3, -0.25) is 14.8 Å². The van der Waals surface area contributed by atoms with Gasteiger partial charge < -0.3 is 10.0 Å². The van der Waals surface area contributed by atoms with Gasteiger partial charge in [0.15, 0.2) is 0 Å². The van der Waals surface area contributed by atoms with Crippen molar-refractivity contribution in [1.82, 2.24) is 20.2 Å². The van der Waals surface area contributed by atoms with Crippen LogP contribution in [0.1, 0.15) is 35.2 Å². The van der Waals surface area contributed by atoms with Crippen LogP contribution in [0.2, 0.25) is 0 Å². The van der Waals surface area contributed by atoms with Gasteiger partial charge in [0.05, 0.1) is 5.69 Å². The van der Waals surface area contributed by atoms with Crippen LogP contribution in [0, 0.1) is 5.82 Å². The van der Waals surface area contributed by atoms with E-state index in [0.717, 1.165) is 53.6 Å². The molecule has 4 aromatic rings. The van der Waals surface area contributed by atoms with Crippen LogP contribution in [0.4, 0.5) is 4.39 Å². The van der Waals surface area contributed by atoms with Crippen molar-refractivity contribution in [2.24, 2.45) is 0 Å². The molecule has 0 aliphatic heterocycles. The van der Waals surface area contributed by atoms with Crippen LogP contribution in [0.3, 0.4) is 0 Å². The number of aromatic amines is 1. The Kier molecular flexibility index (Phi) is 7.56. The molecule has 0 amide bonds. The fourth-order valence-corrected chi connectivity index (χ4v) is 4.04. The quantitative estimate of drug-likeness (QED) is 0.405. The van der Waals surface area contributed by atoms with Crippen LogP contribution in [-0.4, -0.2) is 37.3 Å². The van der Waals surface area contributed by atoms with E-state index in [9.17, 15) is 9.18 Å². The van der Waals surface area contributed by atoms with Gasteiger partial charge in [-0.15, -0.1) is 0 Å². The summed E-state index contributed by atoms with van der Waals surface area (Å²) in [6.07, 6.45) is 10.7. The molecule has 172 valence electrons. The Labute approximate surface area is 196 Å². The molecule has 0 spiro atoms. The van der Waals surface area contributed by atoms with Crippen LogP contribution >= 0.6 is 0 Å². The average molecular weight is 458 g/mol. The standard InChI is InChI=1S/C20H18FN3O.C5H6BNO2/c21-18-6-5-13(11-17(18)14-7-9-22-10-8-14)12-19-15-3-1-2-4-16(15)20(25)24-23-19;8-6(9)5-1-3-7-4-2-5/h5-11H,1-4,12H2,(H,24,25);1-4,8-9H.